The van der Waals surface area contributed by atoms with Gasteiger partial charge in [0.05, 0.1) is 0 Å². The largest absolute Gasteiger partial charge is 0.355 e. The minimum Gasteiger partial charge on any atom is -0.355 e. The van der Waals surface area contributed by atoms with Gasteiger partial charge in [0.15, 0.2) is 7.28 Å². The summed E-state index contributed by atoms with van der Waals surface area (Å²) in [5, 5.41) is 3.93. The molecule has 0 saturated heterocycles. The molecule has 0 spiro atoms. The van der Waals surface area contributed by atoms with Crippen molar-refractivity contribution < 1.29 is 0 Å². The van der Waals surface area contributed by atoms with E-state index in [1.807, 2.05) is 23.5 Å². The number of nitrogens with one attached hydrogen (secondary N) is 1. The Morgan fingerprint density at radius 2 is 1.05 bits per heavy atom. The van der Waals surface area contributed by atoms with Crippen molar-refractivity contribution in [3.63, 3.8) is 0 Å². The molecule has 10 rings (SSSR count). The molecule has 1 radical (unpaired) electrons. The van der Waals surface area contributed by atoms with E-state index in [0.29, 0.717) is 0 Å². The summed E-state index contributed by atoms with van der Waals surface area (Å²) in [6.07, 6.45) is 0. The zero-order chi connectivity index (χ0) is 36.7. The van der Waals surface area contributed by atoms with Crippen LogP contribution in [0.2, 0.25) is 0 Å². The van der Waals surface area contributed by atoms with E-state index in [2.05, 4.69) is 217 Å². The van der Waals surface area contributed by atoms with Crippen LogP contribution in [0.1, 0.15) is 5.56 Å². The summed E-state index contributed by atoms with van der Waals surface area (Å²) in [7, 11) is 2.38. The van der Waals surface area contributed by atoms with Gasteiger partial charge in [-0.1, -0.05) is 132 Å². The van der Waals surface area contributed by atoms with Gasteiger partial charge in [-0.2, -0.15) is 0 Å². The van der Waals surface area contributed by atoms with E-state index in [4.69, 9.17) is 0 Å². The third-order valence-electron chi connectivity index (χ3n) is 10.2. The standard InChI is InChI=1S/C49H35BN3S2/c1-33-17-11-13-25-41(33)51-42-32-48-47(54-45-27-15-16-28-46(45)55-48)31-38(42)39-29-37(52(34-18-5-2-6-19-34)35-20-7-3-8-21-35)30-44-49(39)50-40-24-12-14-26-43(40)53(44)36-22-9-4-10-23-36/h2-32,51H,1H3. The van der Waals surface area contributed by atoms with E-state index in [9.17, 15) is 0 Å². The second kappa shape index (κ2) is 14.3. The van der Waals surface area contributed by atoms with E-state index in [1.54, 1.807) is 0 Å². The van der Waals surface area contributed by atoms with Gasteiger partial charge in [-0.25, -0.2) is 0 Å². The Morgan fingerprint density at radius 1 is 0.473 bits per heavy atom. The van der Waals surface area contributed by atoms with Gasteiger partial charge in [0.25, 0.3) is 0 Å². The van der Waals surface area contributed by atoms with Crippen molar-refractivity contribution in [3.8, 4) is 11.1 Å². The molecule has 3 nitrogen and oxygen atoms in total. The molecule has 55 heavy (non-hydrogen) atoms. The van der Waals surface area contributed by atoms with Crippen molar-refractivity contribution in [3.05, 3.63) is 194 Å². The fourth-order valence-corrected chi connectivity index (χ4v) is 9.90. The number of hydrogen-bond donors (Lipinski definition) is 1. The van der Waals surface area contributed by atoms with Gasteiger partial charge in [0, 0.05) is 70.6 Å². The number of nitrogens with zero attached hydrogens (tertiary/aromatic N) is 2. The number of rotatable bonds is 7. The summed E-state index contributed by atoms with van der Waals surface area (Å²) in [6.45, 7) is 2.17. The minimum absolute atomic E-state index is 1.07. The summed E-state index contributed by atoms with van der Waals surface area (Å²) < 4.78 is 0. The Labute approximate surface area is 331 Å². The van der Waals surface area contributed by atoms with Crippen LogP contribution in [-0.4, -0.2) is 7.28 Å². The van der Waals surface area contributed by atoms with Crippen LogP contribution in [0.3, 0.4) is 0 Å². The van der Waals surface area contributed by atoms with E-state index in [0.717, 1.165) is 56.6 Å². The molecular formula is C49H35BN3S2. The van der Waals surface area contributed by atoms with Gasteiger partial charge in [-0.3, -0.25) is 0 Å². The highest BCUT2D eigenvalue weighted by Crippen LogP contribution is 2.52. The second-order valence-corrected chi connectivity index (χ2v) is 15.9. The summed E-state index contributed by atoms with van der Waals surface area (Å²) in [6, 6.07) is 67.7. The predicted octanol–water partition coefficient (Wildman–Crippen LogP) is 12.9. The van der Waals surface area contributed by atoms with Crippen molar-refractivity contribution >= 4 is 87.2 Å². The van der Waals surface area contributed by atoms with Crippen molar-refractivity contribution in [1.82, 2.24) is 0 Å². The maximum atomic E-state index is 3.93. The molecule has 0 amide bonds. The van der Waals surface area contributed by atoms with Crippen molar-refractivity contribution in [2.75, 3.05) is 15.1 Å². The molecule has 2 aliphatic rings. The number of fused-ring (bicyclic) bond motifs is 4. The average Bonchev–Trinajstić information content (AvgIpc) is 3.24. The lowest BCUT2D eigenvalue weighted by atomic mass is 9.58. The second-order valence-electron chi connectivity index (χ2n) is 13.7. The van der Waals surface area contributed by atoms with Gasteiger partial charge >= 0.3 is 0 Å². The highest BCUT2D eigenvalue weighted by atomic mass is 32.2. The zero-order valence-corrected chi connectivity index (χ0v) is 31.8. The Balaban J connectivity index is 1.27. The van der Waals surface area contributed by atoms with Crippen LogP contribution in [0.25, 0.3) is 11.1 Å². The number of benzene rings is 8. The molecular weight excluding hydrogens is 706 g/mol. The minimum atomic E-state index is 1.07. The third-order valence-corrected chi connectivity index (χ3v) is 12.8. The van der Waals surface area contributed by atoms with Crippen molar-refractivity contribution in [2.45, 2.75) is 26.5 Å². The summed E-state index contributed by atoms with van der Waals surface area (Å²) in [5.74, 6) is 0. The van der Waals surface area contributed by atoms with E-state index >= 15 is 0 Å². The molecule has 6 heteroatoms. The molecule has 0 aliphatic carbocycles. The first-order valence-corrected chi connectivity index (χ1v) is 20.1. The van der Waals surface area contributed by atoms with E-state index in [-0.39, 0.29) is 0 Å². The van der Waals surface area contributed by atoms with Gasteiger partial charge < -0.3 is 15.1 Å². The van der Waals surface area contributed by atoms with Crippen LogP contribution in [-0.2, 0) is 0 Å². The molecule has 0 saturated carbocycles. The number of para-hydroxylation sites is 5. The average molecular weight is 741 g/mol. The van der Waals surface area contributed by atoms with Gasteiger partial charge in [0.2, 0.25) is 0 Å². The molecule has 0 bridgehead atoms. The number of hydrogen-bond acceptors (Lipinski definition) is 5. The smallest absolute Gasteiger partial charge is 0.197 e. The predicted molar refractivity (Wildman–Crippen MR) is 235 cm³/mol. The van der Waals surface area contributed by atoms with Crippen molar-refractivity contribution in [2.24, 2.45) is 0 Å². The first kappa shape index (κ1) is 33.5. The zero-order valence-electron chi connectivity index (χ0n) is 30.2. The molecule has 8 aromatic rings. The van der Waals surface area contributed by atoms with Crippen LogP contribution in [0.15, 0.2) is 208 Å². The fraction of sp³-hybridized carbons (Fsp3) is 0.0204. The molecule has 1 N–H and O–H groups in total. The normalized spacial score (nSPS) is 12.4. The quantitative estimate of drug-likeness (QED) is 0.164. The monoisotopic (exact) mass is 740 g/mol. The van der Waals surface area contributed by atoms with Crippen LogP contribution in [0.4, 0.5) is 45.5 Å². The van der Waals surface area contributed by atoms with E-state index < -0.39 is 0 Å². The van der Waals surface area contributed by atoms with Crippen LogP contribution < -0.4 is 26.0 Å². The van der Waals surface area contributed by atoms with E-state index in [1.165, 1.54) is 36.1 Å². The SMILES string of the molecule is Cc1ccccc1Nc1cc2c(cc1-c1cc(N(c3ccccc3)c3ccccc3)cc3c1[B]c1ccccc1N3c1ccccc1)Sc1ccccc1S2. The highest BCUT2D eigenvalue weighted by Gasteiger charge is 2.31. The Kier molecular flexibility index (Phi) is 8.70. The van der Waals surface area contributed by atoms with Gasteiger partial charge in [-0.05, 0) is 108 Å². The lowest BCUT2D eigenvalue weighted by Gasteiger charge is -2.37. The van der Waals surface area contributed by atoms with Gasteiger partial charge in [0.1, 0.15) is 0 Å². The lowest BCUT2D eigenvalue weighted by molar-refractivity contribution is 1.16. The fourth-order valence-electron chi connectivity index (χ4n) is 7.63. The first-order chi connectivity index (χ1) is 27.2. The molecule has 2 aliphatic heterocycles. The molecule has 0 unspecified atom stereocenters. The topological polar surface area (TPSA) is 18.5 Å². The molecule has 8 aromatic carbocycles. The molecule has 0 fully saturated rings. The molecule has 0 atom stereocenters. The summed E-state index contributed by atoms with van der Waals surface area (Å²) in [5.41, 5.74) is 14.7. The maximum absolute atomic E-state index is 3.93. The summed E-state index contributed by atoms with van der Waals surface area (Å²) >= 11 is 3.71. The van der Waals surface area contributed by atoms with Crippen LogP contribution in [0, 0.1) is 6.92 Å². The van der Waals surface area contributed by atoms with Crippen LogP contribution >= 0.6 is 23.5 Å². The molecule has 2 heterocycles. The Hall–Kier alpha value is -6.08. The summed E-state index contributed by atoms with van der Waals surface area (Å²) in [4.78, 5) is 9.90. The maximum Gasteiger partial charge on any atom is 0.197 e. The third kappa shape index (κ3) is 6.27. The molecule has 0 aromatic heterocycles. The van der Waals surface area contributed by atoms with Crippen LogP contribution in [0.5, 0.6) is 0 Å². The highest BCUT2D eigenvalue weighted by molar-refractivity contribution is 8.05. The lowest BCUT2D eigenvalue weighted by Crippen LogP contribution is -2.41. The first-order valence-electron chi connectivity index (χ1n) is 18.5. The number of anilines is 8. The Bertz CT molecular complexity index is 2650. The Morgan fingerprint density at radius 3 is 1.75 bits per heavy atom. The molecule has 261 valence electrons. The van der Waals surface area contributed by atoms with Crippen molar-refractivity contribution in [1.29, 1.82) is 0 Å². The number of aryl methyl sites for hydroxylation is 1. The van der Waals surface area contributed by atoms with Gasteiger partial charge in [-0.15, -0.1) is 0 Å².